The van der Waals surface area contributed by atoms with E-state index in [0.29, 0.717) is 16.2 Å². The zero-order valence-corrected chi connectivity index (χ0v) is 8.87. The molecule has 1 heterocycles. The zero-order valence-electron chi connectivity index (χ0n) is 6.87. The number of nitrogens with two attached hydrogens (primary N) is 1. The molecule has 0 atom stereocenters. The van der Waals surface area contributed by atoms with Gasteiger partial charge in [0.05, 0.1) is 6.20 Å². The van der Waals surface area contributed by atoms with E-state index in [1.54, 1.807) is 0 Å². The van der Waals surface area contributed by atoms with Crippen LogP contribution in [0.1, 0.15) is 17.4 Å². The summed E-state index contributed by atoms with van der Waals surface area (Å²) in [6.45, 7) is 1.41. The molecule has 12 heavy (non-hydrogen) atoms. The second-order valence-electron chi connectivity index (χ2n) is 2.20. The Bertz CT molecular complexity index is 316. The third-order valence-electron chi connectivity index (χ3n) is 1.33. The van der Waals surface area contributed by atoms with E-state index in [0.717, 1.165) is 0 Å². The minimum absolute atomic E-state index is 0.0858. The first kappa shape index (κ1) is 8.66. The van der Waals surface area contributed by atoms with Crippen LogP contribution in [0.4, 0.5) is 5.95 Å². The lowest BCUT2D eigenvalue weighted by Crippen LogP contribution is -2.05. The van der Waals surface area contributed by atoms with Crippen LogP contribution in [0, 0.1) is 0 Å². The SMILES string of the molecule is CC(=O)c1nc(N)ncc1O[SiH3]. The Morgan fingerprint density at radius 2 is 2.42 bits per heavy atom. The van der Waals surface area contributed by atoms with Gasteiger partial charge < -0.3 is 10.2 Å². The molecule has 2 N–H and O–H groups in total. The number of rotatable bonds is 2. The van der Waals surface area contributed by atoms with Gasteiger partial charge in [-0.3, -0.25) is 4.79 Å². The molecule has 0 saturated carbocycles. The minimum Gasteiger partial charge on any atom is -0.551 e. The maximum Gasteiger partial charge on any atom is 0.220 e. The third kappa shape index (κ3) is 1.59. The highest BCUT2D eigenvalue weighted by atomic mass is 28.2. The van der Waals surface area contributed by atoms with Crippen molar-refractivity contribution < 1.29 is 9.22 Å². The highest BCUT2D eigenvalue weighted by Gasteiger charge is 2.09. The van der Waals surface area contributed by atoms with Gasteiger partial charge in [-0.05, 0) is 0 Å². The first-order valence-corrected chi connectivity index (χ1v) is 4.14. The maximum atomic E-state index is 11.0. The smallest absolute Gasteiger partial charge is 0.220 e. The van der Waals surface area contributed by atoms with Gasteiger partial charge in [-0.1, -0.05) is 0 Å². The molecule has 64 valence electrons. The summed E-state index contributed by atoms with van der Waals surface area (Å²) in [4.78, 5) is 18.4. The van der Waals surface area contributed by atoms with E-state index in [-0.39, 0.29) is 17.4 Å². The van der Waals surface area contributed by atoms with Crippen molar-refractivity contribution in [3.05, 3.63) is 11.9 Å². The van der Waals surface area contributed by atoms with Crippen molar-refractivity contribution in [2.45, 2.75) is 6.92 Å². The summed E-state index contributed by atoms with van der Waals surface area (Å²) in [5, 5.41) is 0. The van der Waals surface area contributed by atoms with Crippen molar-refractivity contribution in [2.75, 3.05) is 5.73 Å². The number of Topliss-reactive ketones (excluding diaryl/α,β-unsaturated/α-hetero) is 1. The van der Waals surface area contributed by atoms with Crippen LogP contribution in [0.3, 0.4) is 0 Å². The van der Waals surface area contributed by atoms with Crippen LogP contribution in [-0.2, 0) is 0 Å². The standard InChI is InChI=1S/C6H9N3O2Si/c1-3(10)5-4(11-12)2-8-6(7)9-5/h2H,1,12H3,(H2,7,8,9). The number of nitrogen functional groups attached to an aromatic ring is 1. The van der Waals surface area contributed by atoms with Gasteiger partial charge >= 0.3 is 0 Å². The Morgan fingerprint density at radius 1 is 1.75 bits per heavy atom. The third-order valence-corrected chi connectivity index (χ3v) is 1.77. The van der Waals surface area contributed by atoms with Crippen molar-refractivity contribution >= 4 is 22.2 Å². The number of carbonyl (C=O) groups is 1. The Kier molecular flexibility index (Phi) is 2.39. The number of ketones is 1. The average Bonchev–Trinajstić information content (AvgIpc) is 2.04. The molecule has 0 saturated heterocycles. The lowest BCUT2D eigenvalue weighted by atomic mass is 10.3. The second kappa shape index (κ2) is 3.31. The Hall–Kier alpha value is -1.43. The van der Waals surface area contributed by atoms with E-state index < -0.39 is 0 Å². The van der Waals surface area contributed by atoms with Crippen LogP contribution in [0.15, 0.2) is 6.20 Å². The van der Waals surface area contributed by atoms with E-state index in [1.165, 1.54) is 13.1 Å². The normalized spacial score (nSPS) is 9.75. The molecule has 0 unspecified atom stereocenters. The summed E-state index contributed by atoms with van der Waals surface area (Å²) in [6.07, 6.45) is 1.41. The lowest BCUT2D eigenvalue weighted by Gasteiger charge is -2.04. The molecular weight excluding hydrogens is 174 g/mol. The molecule has 0 bridgehead atoms. The first-order valence-electron chi connectivity index (χ1n) is 3.32. The number of carbonyl (C=O) groups excluding carboxylic acids is 1. The molecule has 1 aromatic rings. The van der Waals surface area contributed by atoms with Crippen molar-refractivity contribution in [1.29, 1.82) is 0 Å². The summed E-state index contributed by atoms with van der Waals surface area (Å²) in [5.41, 5.74) is 5.55. The first-order chi connectivity index (χ1) is 5.65. The molecule has 0 aliphatic rings. The molecule has 0 radical (unpaired) electrons. The van der Waals surface area contributed by atoms with E-state index in [9.17, 15) is 4.79 Å². The van der Waals surface area contributed by atoms with Crippen LogP contribution < -0.4 is 10.2 Å². The fourth-order valence-electron chi connectivity index (χ4n) is 0.786. The Balaban J connectivity index is 3.21. The van der Waals surface area contributed by atoms with Gasteiger partial charge in [0.15, 0.2) is 17.2 Å². The molecule has 1 aromatic heterocycles. The molecule has 0 aromatic carbocycles. The fraction of sp³-hybridized carbons (Fsp3) is 0.167. The lowest BCUT2D eigenvalue weighted by molar-refractivity contribution is 0.101. The van der Waals surface area contributed by atoms with Crippen LogP contribution in [0.2, 0.25) is 0 Å². The number of hydrogen-bond acceptors (Lipinski definition) is 5. The Labute approximate surface area is 72.5 Å². The summed E-state index contributed by atoms with van der Waals surface area (Å²) in [7, 11) is 0.496. The molecule has 5 nitrogen and oxygen atoms in total. The predicted octanol–water partition coefficient (Wildman–Crippen LogP) is -1.08. The summed E-state index contributed by atoms with van der Waals surface area (Å²) in [6, 6.07) is 0. The number of aromatic nitrogens is 2. The van der Waals surface area contributed by atoms with Crippen LogP contribution >= 0.6 is 0 Å². The Morgan fingerprint density at radius 3 is 2.92 bits per heavy atom. The number of nitrogens with zero attached hydrogens (tertiary/aromatic N) is 2. The van der Waals surface area contributed by atoms with Crippen molar-refractivity contribution in [3.8, 4) is 5.75 Å². The van der Waals surface area contributed by atoms with Gasteiger partial charge in [-0.2, -0.15) is 0 Å². The van der Waals surface area contributed by atoms with Crippen molar-refractivity contribution in [1.82, 2.24) is 9.97 Å². The fourth-order valence-corrected chi connectivity index (χ4v) is 1.08. The van der Waals surface area contributed by atoms with E-state index >= 15 is 0 Å². The highest BCUT2D eigenvalue weighted by molar-refractivity contribution is 6.02. The second-order valence-corrected chi connectivity index (χ2v) is 2.61. The highest BCUT2D eigenvalue weighted by Crippen LogP contribution is 2.14. The predicted molar refractivity (Wildman–Crippen MR) is 47.0 cm³/mol. The molecule has 0 aliphatic carbocycles. The molecule has 0 amide bonds. The largest absolute Gasteiger partial charge is 0.551 e. The molecule has 1 rings (SSSR count). The number of anilines is 1. The van der Waals surface area contributed by atoms with E-state index in [4.69, 9.17) is 10.2 Å². The van der Waals surface area contributed by atoms with Crippen LogP contribution in [0.5, 0.6) is 5.75 Å². The quantitative estimate of drug-likeness (QED) is 0.466. The molecule has 0 aliphatic heterocycles. The maximum absolute atomic E-state index is 11.0. The van der Waals surface area contributed by atoms with Crippen molar-refractivity contribution in [3.63, 3.8) is 0 Å². The van der Waals surface area contributed by atoms with Gasteiger partial charge in [0.25, 0.3) is 0 Å². The summed E-state index contributed by atoms with van der Waals surface area (Å²) in [5.74, 6) is 0.320. The van der Waals surface area contributed by atoms with Gasteiger partial charge in [0.1, 0.15) is 0 Å². The van der Waals surface area contributed by atoms with Crippen molar-refractivity contribution in [2.24, 2.45) is 0 Å². The van der Waals surface area contributed by atoms with Gasteiger partial charge in [-0.25, -0.2) is 9.97 Å². The van der Waals surface area contributed by atoms with Gasteiger partial charge in [-0.15, -0.1) is 0 Å². The summed E-state index contributed by atoms with van der Waals surface area (Å²) >= 11 is 0. The number of hydrogen-bond donors (Lipinski definition) is 1. The van der Waals surface area contributed by atoms with Crippen LogP contribution in [0.25, 0.3) is 0 Å². The monoisotopic (exact) mass is 183 g/mol. The molecule has 0 fully saturated rings. The topological polar surface area (TPSA) is 78.1 Å². The average molecular weight is 183 g/mol. The van der Waals surface area contributed by atoms with E-state index in [1.807, 2.05) is 0 Å². The minimum atomic E-state index is -0.171. The molecule has 6 heteroatoms. The van der Waals surface area contributed by atoms with Crippen LogP contribution in [-0.4, -0.2) is 26.2 Å². The van der Waals surface area contributed by atoms with Gasteiger partial charge in [0, 0.05) is 6.92 Å². The summed E-state index contributed by atoms with van der Waals surface area (Å²) < 4.78 is 5.00. The molecular formula is C6H9N3O2Si. The van der Waals surface area contributed by atoms with E-state index in [2.05, 4.69) is 9.97 Å². The zero-order chi connectivity index (χ0) is 9.14. The molecule has 0 spiro atoms. The van der Waals surface area contributed by atoms with Gasteiger partial charge in [0.2, 0.25) is 16.4 Å².